The first-order valence-corrected chi connectivity index (χ1v) is 6.84. The Bertz CT molecular complexity index is 728. The number of fused-ring (bicyclic) bond motifs is 1. The van der Waals surface area contributed by atoms with E-state index in [0.29, 0.717) is 10.3 Å². The molecule has 0 radical (unpaired) electrons. The summed E-state index contributed by atoms with van der Waals surface area (Å²) in [6, 6.07) is 3.87. The number of nitrogens with zero attached hydrogens (tertiary/aromatic N) is 3. The average Bonchev–Trinajstić information content (AvgIpc) is 2.89. The number of rotatable bonds is 2. The molecule has 1 aliphatic rings. The van der Waals surface area contributed by atoms with Crippen molar-refractivity contribution in [2.24, 2.45) is 10.7 Å². The van der Waals surface area contributed by atoms with Crippen LogP contribution in [0.2, 0.25) is 0 Å². The summed E-state index contributed by atoms with van der Waals surface area (Å²) in [4.78, 5) is 7.85. The Kier molecular flexibility index (Phi) is 3.27. The summed E-state index contributed by atoms with van der Waals surface area (Å²) in [6.45, 7) is -0.228. The van der Waals surface area contributed by atoms with Gasteiger partial charge in [0, 0.05) is 22.4 Å². The zero-order valence-electron chi connectivity index (χ0n) is 10.6. The quantitative estimate of drug-likeness (QED) is 0.897. The van der Waals surface area contributed by atoms with Gasteiger partial charge in [0.05, 0.1) is 6.54 Å². The molecule has 0 fully saturated rings. The third kappa shape index (κ3) is 2.14. The van der Waals surface area contributed by atoms with E-state index in [2.05, 4.69) is 25.9 Å². The predicted octanol–water partition coefficient (Wildman–Crippen LogP) is 2.66. The van der Waals surface area contributed by atoms with Crippen molar-refractivity contribution in [3.63, 3.8) is 0 Å². The summed E-state index contributed by atoms with van der Waals surface area (Å²) in [7, 11) is 0. The highest BCUT2D eigenvalue weighted by atomic mass is 79.9. The van der Waals surface area contributed by atoms with E-state index in [1.165, 1.54) is 29.1 Å². The predicted molar refractivity (Wildman–Crippen MR) is 74.7 cm³/mol. The molecule has 0 saturated carbocycles. The van der Waals surface area contributed by atoms with Crippen molar-refractivity contribution in [2.75, 3.05) is 0 Å². The number of alkyl halides is 2. The fourth-order valence-corrected chi connectivity index (χ4v) is 2.80. The van der Waals surface area contributed by atoms with Crippen LogP contribution in [0.4, 0.5) is 13.2 Å². The molecular weight excluding hydrogens is 349 g/mol. The summed E-state index contributed by atoms with van der Waals surface area (Å²) in [5, 5.41) is 0. The first-order chi connectivity index (χ1) is 9.94. The van der Waals surface area contributed by atoms with Crippen LogP contribution >= 0.6 is 15.9 Å². The molecule has 0 aliphatic carbocycles. The molecule has 110 valence electrons. The molecule has 2 aromatic rings. The van der Waals surface area contributed by atoms with Crippen molar-refractivity contribution in [2.45, 2.75) is 18.5 Å². The Balaban J connectivity index is 2.23. The minimum absolute atomic E-state index is 0.133. The molecule has 2 heterocycles. The molecule has 1 unspecified atom stereocenters. The van der Waals surface area contributed by atoms with E-state index in [9.17, 15) is 13.2 Å². The Morgan fingerprint density at radius 2 is 2.14 bits per heavy atom. The summed E-state index contributed by atoms with van der Waals surface area (Å²) in [5.74, 6) is -0.578. The van der Waals surface area contributed by atoms with Gasteiger partial charge in [0.15, 0.2) is 17.2 Å². The largest absolute Gasteiger partial charge is 0.381 e. The van der Waals surface area contributed by atoms with Crippen LogP contribution < -0.4 is 5.73 Å². The number of benzene rings is 1. The van der Waals surface area contributed by atoms with Gasteiger partial charge >= 0.3 is 0 Å². The molecule has 1 aliphatic heterocycles. The van der Waals surface area contributed by atoms with Gasteiger partial charge in [-0.1, -0.05) is 15.9 Å². The van der Waals surface area contributed by atoms with Gasteiger partial charge in [-0.15, -0.1) is 0 Å². The van der Waals surface area contributed by atoms with E-state index in [1.807, 2.05) is 0 Å². The third-order valence-electron chi connectivity index (χ3n) is 3.43. The fraction of sp³-hybridized carbons (Fsp3) is 0.231. The Labute approximate surface area is 126 Å². The van der Waals surface area contributed by atoms with Gasteiger partial charge in [0.2, 0.25) is 0 Å². The van der Waals surface area contributed by atoms with Gasteiger partial charge in [-0.05, 0) is 18.2 Å². The summed E-state index contributed by atoms with van der Waals surface area (Å²) >= 11 is 3.17. The fourth-order valence-electron chi connectivity index (χ4n) is 2.44. The lowest BCUT2D eigenvalue weighted by atomic mass is 9.89. The molecule has 4 nitrogen and oxygen atoms in total. The molecular formula is C13H10BrF3N4. The van der Waals surface area contributed by atoms with Crippen LogP contribution in [0.3, 0.4) is 0 Å². The first kappa shape index (κ1) is 14.1. The Hall–Kier alpha value is -1.83. The number of imidazole rings is 1. The first-order valence-electron chi connectivity index (χ1n) is 6.04. The van der Waals surface area contributed by atoms with Crippen LogP contribution in [0, 0.1) is 5.82 Å². The van der Waals surface area contributed by atoms with E-state index in [4.69, 9.17) is 5.73 Å². The highest BCUT2D eigenvalue weighted by Gasteiger charge is 2.47. The summed E-state index contributed by atoms with van der Waals surface area (Å²) < 4.78 is 43.6. The molecule has 0 spiro atoms. The smallest absolute Gasteiger partial charge is 0.269 e. The Morgan fingerprint density at radius 1 is 1.38 bits per heavy atom. The van der Waals surface area contributed by atoms with Crippen LogP contribution in [-0.2, 0) is 12.1 Å². The zero-order valence-corrected chi connectivity index (χ0v) is 12.2. The highest BCUT2D eigenvalue weighted by molar-refractivity contribution is 9.10. The van der Waals surface area contributed by atoms with E-state index in [0.717, 1.165) is 6.07 Å². The maximum atomic E-state index is 14.1. The van der Waals surface area contributed by atoms with Crippen LogP contribution in [0.25, 0.3) is 0 Å². The number of halogens is 4. The normalized spacial score (nSPS) is 21.3. The van der Waals surface area contributed by atoms with Crippen molar-refractivity contribution >= 4 is 21.8 Å². The highest BCUT2D eigenvalue weighted by Crippen LogP contribution is 2.39. The minimum atomic E-state index is -2.92. The number of aromatic nitrogens is 2. The number of aliphatic imine (C=N–C) groups is 1. The molecule has 8 heteroatoms. The molecule has 1 aromatic heterocycles. The van der Waals surface area contributed by atoms with Crippen molar-refractivity contribution in [3.8, 4) is 0 Å². The van der Waals surface area contributed by atoms with Crippen molar-refractivity contribution in [1.82, 2.24) is 9.55 Å². The van der Waals surface area contributed by atoms with Gasteiger partial charge in [0.25, 0.3) is 6.43 Å². The molecule has 1 atom stereocenters. The minimum Gasteiger partial charge on any atom is -0.381 e. The van der Waals surface area contributed by atoms with Crippen molar-refractivity contribution in [3.05, 3.63) is 52.3 Å². The standard InChI is InChI=1S/C13H10BrF3N4/c14-7-1-2-9(15)8(5-7)13(12(16)17)6-21-4-3-19-11(21)10(18)20-13/h1-5,12H,6H2,(H2,18,20). The molecule has 0 bridgehead atoms. The van der Waals surface area contributed by atoms with E-state index in [1.54, 1.807) is 0 Å². The maximum absolute atomic E-state index is 14.1. The molecule has 21 heavy (non-hydrogen) atoms. The summed E-state index contributed by atoms with van der Waals surface area (Å²) in [6.07, 6.45) is 0.0378. The lowest BCUT2D eigenvalue weighted by molar-refractivity contribution is 0.0385. The topological polar surface area (TPSA) is 56.2 Å². The van der Waals surface area contributed by atoms with Gasteiger partial charge in [-0.3, -0.25) is 0 Å². The van der Waals surface area contributed by atoms with E-state index < -0.39 is 17.8 Å². The second-order valence-corrected chi connectivity index (χ2v) is 5.64. The van der Waals surface area contributed by atoms with Gasteiger partial charge in [0.1, 0.15) is 5.82 Å². The maximum Gasteiger partial charge on any atom is 0.269 e. The number of hydrogen-bond acceptors (Lipinski definition) is 3. The van der Waals surface area contributed by atoms with Crippen molar-refractivity contribution < 1.29 is 13.2 Å². The average molecular weight is 359 g/mol. The molecule has 0 amide bonds. The van der Waals surface area contributed by atoms with E-state index >= 15 is 0 Å². The molecule has 2 N–H and O–H groups in total. The SMILES string of the molecule is NC1=NC(c2cc(Br)ccc2F)(C(F)F)Cn2ccnc21. The summed E-state index contributed by atoms with van der Waals surface area (Å²) in [5.41, 5.74) is 3.47. The lowest BCUT2D eigenvalue weighted by Crippen LogP contribution is -2.44. The Morgan fingerprint density at radius 3 is 2.86 bits per heavy atom. The molecule has 0 saturated heterocycles. The molecule has 3 rings (SSSR count). The van der Waals surface area contributed by atoms with Gasteiger partial charge < -0.3 is 10.3 Å². The van der Waals surface area contributed by atoms with Gasteiger partial charge in [-0.25, -0.2) is 23.1 Å². The van der Waals surface area contributed by atoms with Crippen LogP contribution in [0.5, 0.6) is 0 Å². The molecule has 1 aromatic carbocycles. The van der Waals surface area contributed by atoms with Crippen LogP contribution in [0.15, 0.2) is 40.1 Å². The monoisotopic (exact) mass is 358 g/mol. The lowest BCUT2D eigenvalue weighted by Gasteiger charge is -2.34. The second-order valence-electron chi connectivity index (χ2n) is 4.72. The third-order valence-corrected chi connectivity index (χ3v) is 3.93. The van der Waals surface area contributed by atoms with Crippen molar-refractivity contribution in [1.29, 1.82) is 0 Å². The van der Waals surface area contributed by atoms with E-state index in [-0.39, 0.29) is 17.9 Å². The number of nitrogens with two attached hydrogens (primary N) is 1. The number of hydrogen-bond donors (Lipinski definition) is 1. The zero-order chi connectivity index (χ0) is 15.2. The second kappa shape index (κ2) is 4.87. The van der Waals surface area contributed by atoms with Gasteiger partial charge in [-0.2, -0.15) is 0 Å². The van der Waals surface area contributed by atoms with Crippen LogP contribution in [-0.4, -0.2) is 21.8 Å². The number of amidine groups is 1. The van der Waals surface area contributed by atoms with Crippen LogP contribution in [0.1, 0.15) is 11.4 Å².